The summed E-state index contributed by atoms with van der Waals surface area (Å²) < 4.78 is 18.2. The summed E-state index contributed by atoms with van der Waals surface area (Å²) in [5, 5.41) is 17.8. The maximum atomic E-state index is 13.1. The van der Waals surface area contributed by atoms with E-state index in [-0.39, 0.29) is 17.1 Å². The number of benzene rings is 2. The van der Waals surface area contributed by atoms with Gasteiger partial charge in [0.2, 0.25) is 5.88 Å². The first kappa shape index (κ1) is 14.7. The molecule has 0 saturated carbocycles. The molecule has 0 aliphatic carbocycles. The average molecular weight is 313 g/mol. The number of carbonyl (C=O) groups is 1. The van der Waals surface area contributed by atoms with Gasteiger partial charge in [-0.1, -0.05) is 6.07 Å². The minimum absolute atomic E-state index is 0.0747. The molecule has 2 N–H and O–H groups in total. The molecule has 0 spiro atoms. The minimum atomic E-state index is -0.707. The molecular formula is C16H12FN3O3. The van der Waals surface area contributed by atoms with Crippen LogP contribution in [-0.2, 0) is 0 Å². The number of nitrogens with zero attached hydrogens (tertiary/aromatic N) is 2. The number of rotatable bonds is 3. The summed E-state index contributed by atoms with van der Waals surface area (Å²) in [6.07, 6.45) is 0. The highest BCUT2D eigenvalue weighted by Gasteiger charge is 2.12. The number of ether oxygens (including phenoxy) is 1. The van der Waals surface area contributed by atoms with Crippen LogP contribution in [-0.4, -0.2) is 23.1 Å². The molecule has 0 fully saturated rings. The molecule has 0 radical (unpaired) electrons. The molecule has 6 nitrogen and oxygen atoms in total. The highest BCUT2D eigenvalue weighted by molar-refractivity contribution is 5.97. The summed E-state index contributed by atoms with van der Waals surface area (Å²) in [5.74, 6) is -0.889. The van der Waals surface area contributed by atoms with Gasteiger partial charge < -0.3 is 14.8 Å². The number of amides is 1. The summed E-state index contributed by atoms with van der Waals surface area (Å²) in [5.41, 5.74) is 0.810. The van der Waals surface area contributed by atoms with Crippen molar-refractivity contribution in [1.29, 1.82) is 0 Å². The summed E-state index contributed by atoms with van der Waals surface area (Å²) in [7, 11) is 1.52. The number of methoxy groups -OCH3 is 1. The normalized spacial score (nSPS) is 11.2. The van der Waals surface area contributed by atoms with E-state index in [1.54, 1.807) is 18.2 Å². The highest BCUT2D eigenvalue weighted by Crippen LogP contribution is 2.37. The minimum Gasteiger partial charge on any atom is -0.497 e. The fourth-order valence-corrected chi connectivity index (χ4v) is 2.15. The molecule has 0 saturated heterocycles. The lowest BCUT2D eigenvalue weighted by Gasteiger charge is -1.98. The van der Waals surface area contributed by atoms with Crippen LogP contribution in [0.2, 0.25) is 0 Å². The second kappa shape index (κ2) is 5.88. The van der Waals surface area contributed by atoms with E-state index in [9.17, 15) is 14.3 Å². The van der Waals surface area contributed by atoms with E-state index in [1.807, 2.05) is 0 Å². The maximum Gasteiger partial charge on any atom is 0.295 e. The maximum absolute atomic E-state index is 13.1. The van der Waals surface area contributed by atoms with Crippen molar-refractivity contribution in [2.24, 2.45) is 10.2 Å². The van der Waals surface area contributed by atoms with Crippen LogP contribution in [0.4, 0.5) is 10.1 Å². The molecule has 1 amide bonds. The van der Waals surface area contributed by atoms with Gasteiger partial charge in [0.15, 0.2) is 5.69 Å². The van der Waals surface area contributed by atoms with Gasteiger partial charge in [0.05, 0.1) is 12.6 Å². The number of fused-ring (bicyclic) bond motifs is 1. The van der Waals surface area contributed by atoms with Crippen LogP contribution in [0.25, 0.3) is 10.9 Å². The van der Waals surface area contributed by atoms with Gasteiger partial charge in [0.1, 0.15) is 11.6 Å². The Bertz CT molecular complexity index is 918. The molecule has 0 bridgehead atoms. The molecule has 0 atom stereocenters. The molecule has 116 valence electrons. The van der Waals surface area contributed by atoms with E-state index in [2.05, 4.69) is 15.2 Å². The SMILES string of the molecule is COc1ccc2[nH]c(O)c(N=NC(=O)c3cccc(F)c3)c2c1. The number of aromatic nitrogens is 1. The van der Waals surface area contributed by atoms with Gasteiger partial charge in [-0.25, -0.2) is 4.39 Å². The molecule has 0 unspecified atom stereocenters. The third kappa shape index (κ3) is 2.89. The van der Waals surface area contributed by atoms with E-state index in [4.69, 9.17) is 4.74 Å². The quantitative estimate of drug-likeness (QED) is 0.718. The Morgan fingerprint density at radius 3 is 2.83 bits per heavy atom. The fraction of sp³-hybridized carbons (Fsp3) is 0.0625. The Labute approximate surface area is 130 Å². The zero-order valence-corrected chi connectivity index (χ0v) is 12.1. The topological polar surface area (TPSA) is 87.0 Å². The molecule has 3 rings (SSSR count). The monoisotopic (exact) mass is 313 g/mol. The van der Waals surface area contributed by atoms with Gasteiger partial charge in [-0.05, 0) is 36.4 Å². The number of azo groups is 1. The van der Waals surface area contributed by atoms with Crippen LogP contribution >= 0.6 is 0 Å². The van der Waals surface area contributed by atoms with Gasteiger partial charge in [0, 0.05) is 10.9 Å². The lowest BCUT2D eigenvalue weighted by molar-refractivity contribution is 0.0994. The molecule has 7 heteroatoms. The first-order valence-corrected chi connectivity index (χ1v) is 6.69. The number of carbonyl (C=O) groups excluding carboxylic acids is 1. The zero-order valence-electron chi connectivity index (χ0n) is 12.1. The Hall–Kier alpha value is -3.22. The number of H-pyrrole nitrogens is 1. The van der Waals surface area contributed by atoms with Gasteiger partial charge in [-0.3, -0.25) is 4.79 Å². The Morgan fingerprint density at radius 2 is 2.09 bits per heavy atom. The van der Waals surface area contributed by atoms with Crippen LogP contribution in [0.15, 0.2) is 52.7 Å². The number of halogens is 1. The van der Waals surface area contributed by atoms with Crippen molar-refractivity contribution in [1.82, 2.24) is 4.98 Å². The smallest absolute Gasteiger partial charge is 0.295 e. The van der Waals surface area contributed by atoms with Gasteiger partial charge in [0.25, 0.3) is 5.91 Å². The molecule has 2 aromatic carbocycles. The van der Waals surface area contributed by atoms with Crippen LogP contribution in [0.5, 0.6) is 11.6 Å². The Balaban J connectivity index is 1.97. The molecule has 0 aliphatic rings. The van der Waals surface area contributed by atoms with Crippen LogP contribution in [0.1, 0.15) is 10.4 Å². The van der Waals surface area contributed by atoms with E-state index in [0.29, 0.717) is 16.7 Å². The average Bonchev–Trinajstić information content (AvgIpc) is 2.87. The summed E-state index contributed by atoms with van der Waals surface area (Å²) in [6, 6.07) is 10.2. The second-order valence-corrected chi connectivity index (χ2v) is 4.75. The molecule has 3 aromatic rings. The third-order valence-electron chi connectivity index (χ3n) is 3.27. The van der Waals surface area contributed by atoms with Crippen molar-refractivity contribution >= 4 is 22.5 Å². The van der Waals surface area contributed by atoms with Crippen molar-refractivity contribution in [2.75, 3.05) is 7.11 Å². The molecule has 0 aliphatic heterocycles. The number of hydrogen-bond acceptors (Lipinski definition) is 4. The highest BCUT2D eigenvalue weighted by atomic mass is 19.1. The first-order valence-electron chi connectivity index (χ1n) is 6.69. The molecular weight excluding hydrogens is 301 g/mol. The first-order chi connectivity index (χ1) is 11.1. The van der Waals surface area contributed by atoms with Gasteiger partial charge in [-0.2, -0.15) is 0 Å². The predicted octanol–water partition coefficient (Wildman–Crippen LogP) is 3.95. The van der Waals surface area contributed by atoms with Crippen molar-refractivity contribution in [3.63, 3.8) is 0 Å². The van der Waals surface area contributed by atoms with Crippen molar-refractivity contribution in [3.05, 3.63) is 53.8 Å². The standard InChI is InChI=1S/C16H12FN3O3/c1-23-11-5-6-13-12(8-11)14(16(22)18-13)19-20-15(21)9-3-2-4-10(17)7-9/h2-8,18,22H,1H3. The molecule has 23 heavy (non-hydrogen) atoms. The molecule has 1 heterocycles. The largest absolute Gasteiger partial charge is 0.497 e. The van der Waals surface area contributed by atoms with Crippen molar-refractivity contribution in [2.45, 2.75) is 0 Å². The summed E-state index contributed by atoms with van der Waals surface area (Å²) >= 11 is 0. The summed E-state index contributed by atoms with van der Waals surface area (Å²) in [4.78, 5) is 14.6. The summed E-state index contributed by atoms with van der Waals surface area (Å²) in [6.45, 7) is 0. The van der Waals surface area contributed by atoms with E-state index < -0.39 is 11.7 Å². The lowest BCUT2D eigenvalue weighted by Crippen LogP contribution is -1.93. The Kier molecular flexibility index (Phi) is 3.76. The van der Waals surface area contributed by atoms with E-state index in [0.717, 1.165) is 6.07 Å². The lowest BCUT2D eigenvalue weighted by atomic mass is 10.2. The van der Waals surface area contributed by atoms with Gasteiger partial charge in [-0.15, -0.1) is 10.2 Å². The van der Waals surface area contributed by atoms with E-state index in [1.165, 1.54) is 25.3 Å². The van der Waals surface area contributed by atoms with Crippen LogP contribution < -0.4 is 4.74 Å². The number of hydrogen-bond donors (Lipinski definition) is 2. The van der Waals surface area contributed by atoms with Crippen LogP contribution in [0.3, 0.4) is 0 Å². The second-order valence-electron chi connectivity index (χ2n) is 4.75. The number of aromatic amines is 1. The van der Waals surface area contributed by atoms with Gasteiger partial charge >= 0.3 is 0 Å². The van der Waals surface area contributed by atoms with Crippen molar-refractivity contribution in [3.8, 4) is 11.6 Å². The Morgan fingerprint density at radius 1 is 1.26 bits per heavy atom. The number of nitrogens with one attached hydrogen (secondary N) is 1. The molecule has 1 aromatic heterocycles. The zero-order chi connectivity index (χ0) is 16.4. The number of aromatic hydroxyl groups is 1. The van der Waals surface area contributed by atoms with Crippen LogP contribution in [0, 0.1) is 5.82 Å². The third-order valence-corrected chi connectivity index (χ3v) is 3.27. The van der Waals surface area contributed by atoms with E-state index >= 15 is 0 Å². The fourth-order valence-electron chi connectivity index (χ4n) is 2.15. The predicted molar refractivity (Wildman–Crippen MR) is 81.8 cm³/mol. The van der Waals surface area contributed by atoms with Crippen molar-refractivity contribution < 1.29 is 19.0 Å².